The van der Waals surface area contributed by atoms with Crippen LogP contribution in [0.1, 0.15) is 13.3 Å². The summed E-state index contributed by atoms with van der Waals surface area (Å²) in [6.45, 7) is 2.81. The highest BCUT2D eigenvalue weighted by atomic mass is 16.5. The molecule has 2 atom stereocenters. The molecule has 1 rings (SSSR count). The molecule has 0 heterocycles. The highest BCUT2D eigenvalue weighted by Gasteiger charge is 2.38. The monoisotopic (exact) mass is 171 g/mol. The summed E-state index contributed by atoms with van der Waals surface area (Å²) in [5, 5.41) is 6.21. The zero-order valence-electron chi connectivity index (χ0n) is 7.92. The number of hydrogen-bond acceptors (Lipinski definition) is 2. The van der Waals surface area contributed by atoms with Crippen LogP contribution in [0.15, 0.2) is 4.99 Å². The Morgan fingerprint density at radius 2 is 2.42 bits per heavy atom. The first-order valence-corrected chi connectivity index (χ1v) is 4.34. The van der Waals surface area contributed by atoms with Gasteiger partial charge in [0.2, 0.25) is 0 Å². The zero-order chi connectivity index (χ0) is 8.97. The van der Waals surface area contributed by atoms with E-state index in [1.165, 1.54) is 0 Å². The largest absolute Gasteiger partial charge is 0.376 e. The first-order valence-electron chi connectivity index (χ1n) is 4.34. The fraction of sp³-hybridized carbons (Fsp3) is 0.875. The molecule has 0 aliphatic heterocycles. The van der Waals surface area contributed by atoms with Crippen LogP contribution in [0.25, 0.3) is 0 Å². The van der Waals surface area contributed by atoms with E-state index in [4.69, 9.17) is 4.74 Å². The van der Waals surface area contributed by atoms with Crippen LogP contribution in [0.4, 0.5) is 0 Å². The minimum absolute atomic E-state index is 0.389. The normalized spacial score (nSPS) is 28.4. The second-order valence-electron chi connectivity index (χ2n) is 2.80. The van der Waals surface area contributed by atoms with Crippen molar-refractivity contribution >= 4 is 5.96 Å². The Kier molecular flexibility index (Phi) is 3.34. The predicted octanol–water partition coefficient (Wildman–Crippen LogP) is -0.0414. The van der Waals surface area contributed by atoms with E-state index >= 15 is 0 Å². The first-order chi connectivity index (χ1) is 5.81. The number of nitrogens with one attached hydrogen (secondary N) is 2. The number of rotatable bonds is 3. The summed E-state index contributed by atoms with van der Waals surface area (Å²) in [5.74, 6) is 0.835. The summed E-state index contributed by atoms with van der Waals surface area (Å²) < 4.78 is 5.41. The summed E-state index contributed by atoms with van der Waals surface area (Å²) in [5.41, 5.74) is 0. The van der Waals surface area contributed by atoms with Gasteiger partial charge in [-0.1, -0.05) is 0 Å². The van der Waals surface area contributed by atoms with E-state index in [1.54, 1.807) is 7.05 Å². The predicted molar refractivity (Wildman–Crippen MR) is 49.4 cm³/mol. The highest BCUT2D eigenvalue weighted by Crippen LogP contribution is 2.24. The van der Waals surface area contributed by atoms with E-state index in [2.05, 4.69) is 15.6 Å². The van der Waals surface area contributed by atoms with Crippen LogP contribution >= 0.6 is 0 Å². The third kappa shape index (κ3) is 2.37. The molecule has 0 bridgehead atoms. The molecule has 1 fully saturated rings. The van der Waals surface area contributed by atoms with E-state index in [9.17, 15) is 0 Å². The smallest absolute Gasteiger partial charge is 0.191 e. The van der Waals surface area contributed by atoms with Crippen LogP contribution in [-0.2, 0) is 4.74 Å². The fourth-order valence-electron chi connectivity index (χ4n) is 1.15. The quantitative estimate of drug-likeness (QED) is 0.462. The van der Waals surface area contributed by atoms with Crippen molar-refractivity contribution in [2.24, 2.45) is 4.99 Å². The molecule has 0 amide bonds. The minimum Gasteiger partial charge on any atom is -0.376 e. The lowest BCUT2D eigenvalue weighted by atomic mass is 10.6. The minimum atomic E-state index is 0.389. The van der Waals surface area contributed by atoms with Gasteiger partial charge in [-0.25, -0.2) is 0 Å². The summed E-state index contributed by atoms with van der Waals surface area (Å²) in [6.07, 6.45) is 1.48. The van der Waals surface area contributed by atoms with Crippen LogP contribution < -0.4 is 10.6 Å². The molecule has 0 aromatic heterocycles. The standard InChI is InChI=1S/C8H17N3O/c1-4-12-7-5-6(7)11-8(9-2)10-3/h6-7H,4-5H2,1-3H3,(H2,9,10,11). The molecule has 1 aliphatic rings. The van der Waals surface area contributed by atoms with Gasteiger partial charge in [0.15, 0.2) is 5.96 Å². The maximum atomic E-state index is 5.41. The van der Waals surface area contributed by atoms with Gasteiger partial charge in [0.05, 0.1) is 12.1 Å². The number of aliphatic imine (C=N–C) groups is 1. The summed E-state index contributed by atoms with van der Waals surface area (Å²) >= 11 is 0. The van der Waals surface area contributed by atoms with E-state index in [1.807, 2.05) is 14.0 Å². The van der Waals surface area contributed by atoms with Gasteiger partial charge in [0.1, 0.15) is 0 Å². The molecule has 0 saturated heterocycles. The average Bonchev–Trinajstić information content (AvgIpc) is 2.80. The molecule has 1 aliphatic carbocycles. The van der Waals surface area contributed by atoms with E-state index in [-0.39, 0.29) is 0 Å². The Morgan fingerprint density at radius 3 is 2.92 bits per heavy atom. The molecule has 0 aromatic carbocycles. The fourth-order valence-corrected chi connectivity index (χ4v) is 1.15. The summed E-state index contributed by atoms with van der Waals surface area (Å²) in [6, 6.07) is 0.455. The van der Waals surface area contributed by atoms with E-state index < -0.39 is 0 Å². The maximum absolute atomic E-state index is 5.41. The van der Waals surface area contributed by atoms with Crippen molar-refractivity contribution < 1.29 is 4.74 Å². The lowest BCUT2D eigenvalue weighted by molar-refractivity contribution is 0.127. The molecular formula is C8H17N3O. The molecule has 70 valence electrons. The highest BCUT2D eigenvalue weighted by molar-refractivity contribution is 5.80. The van der Waals surface area contributed by atoms with Crippen LogP contribution in [0.2, 0.25) is 0 Å². The molecule has 0 radical (unpaired) electrons. The Balaban J connectivity index is 2.18. The lowest BCUT2D eigenvalue weighted by Crippen LogP contribution is -2.37. The SMILES string of the molecule is CCOC1CC1NC(=NC)NC. The van der Waals surface area contributed by atoms with E-state index in [0.29, 0.717) is 12.1 Å². The maximum Gasteiger partial charge on any atom is 0.191 e. The number of ether oxygens (including phenoxy) is 1. The molecule has 2 unspecified atom stereocenters. The number of hydrogen-bond donors (Lipinski definition) is 2. The first kappa shape index (κ1) is 9.32. The molecule has 1 saturated carbocycles. The van der Waals surface area contributed by atoms with Crippen molar-refractivity contribution in [2.45, 2.75) is 25.5 Å². The van der Waals surface area contributed by atoms with Crippen molar-refractivity contribution in [3.05, 3.63) is 0 Å². The molecule has 2 N–H and O–H groups in total. The van der Waals surface area contributed by atoms with Gasteiger partial charge in [-0.05, 0) is 13.3 Å². The number of guanidine groups is 1. The van der Waals surface area contributed by atoms with Gasteiger partial charge in [-0.15, -0.1) is 0 Å². The van der Waals surface area contributed by atoms with Crippen molar-refractivity contribution in [1.29, 1.82) is 0 Å². The summed E-state index contributed by atoms with van der Waals surface area (Å²) in [7, 11) is 3.62. The Morgan fingerprint density at radius 1 is 1.67 bits per heavy atom. The van der Waals surface area contributed by atoms with Crippen LogP contribution in [0.5, 0.6) is 0 Å². The molecule has 0 aromatic rings. The van der Waals surface area contributed by atoms with Crippen molar-refractivity contribution in [2.75, 3.05) is 20.7 Å². The molecule has 4 nitrogen and oxygen atoms in total. The molecular weight excluding hydrogens is 154 g/mol. The van der Waals surface area contributed by atoms with Crippen LogP contribution in [-0.4, -0.2) is 38.8 Å². The van der Waals surface area contributed by atoms with Crippen LogP contribution in [0, 0.1) is 0 Å². The second-order valence-corrected chi connectivity index (χ2v) is 2.80. The third-order valence-corrected chi connectivity index (χ3v) is 1.90. The van der Waals surface area contributed by atoms with E-state index in [0.717, 1.165) is 19.0 Å². The third-order valence-electron chi connectivity index (χ3n) is 1.90. The van der Waals surface area contributed by atoms with Gasteiger partial charge in [0.25, 0.3) is 0 Å². The van der Waals surface area contributed by atoms with Gasteiger partial charge in [-0.2, -0.15) is 0 Å². The number of nitrogens with zero attached hydrogens (tertiary/aromatic N) is 1. The van der Waals surface area contributed by atoms with Gasteiger partial charge in [0, 0.05) is 20.7 Å². The Bertz CT molecular complexity index is 170. The van der Waals surface area contributed by atoms with Crippen LogP contribution in [0.3, 0.4) is 0 Å². The molecule has 0 spiro atoms. The average molecular weight is 171 g/mol. The topological polar surface area (TPSA) is 45.6 Å². The van der Waals surface area contributed by atoms with Crippen molar-refractivity contribution in [1.82, 2.24) is 10.6 Å². The van der Waals surface area contributed by atoms with Gasteiger partial charge in [-0.3, -0.25) is 4.99 Å². The van der Waals surface area contributed by atoms with Gasteiger partial charge < -0.3 is 15.4 Å². The molecule has 4 heteroatoms. The van der Waals surface area contributed by atoms with Crippen molar-refractivity contribution in [3.63, 3.8) is 0 Å². The summed E-state index contributed by atoms with van der Waals surface area (Å²) in [4.78, 5) is 4.02. The molecule has 12 heavy (non-hydrogen) atoms. The van der Waals surface area contributed by atoms with Gasteiger partial charge >= 0.3 is 0 Å². The lowest BCUT2D eigenvalue weighted by Gasteiger charge is -2.07. The van der Waals surface area contributed by atoms with Crippen molar-refractivity contribution in [3.8, 4) is 0 Å². The zero-order valence-corrected chi connectivity index (χ0v) is 7.92. The second kappa shape index (κ2) is 4.30. The Labute approximate surface area is 73.4 Å². The Hall–Kier alpha value is -0.770.